The minimum atomic E-state index is -2.71. The van der Waals surface area contributed by atoms with E-state index >= 15 is 0 Å². The number of carbonyl (C=O) groups is 2. The molecule has 1 atom stereocenters. The second-order valence-electron chi connectivity index (χ2n) is 15.8. The molecule has 0 N–H and O–H groups in total. The van der Waals surface area contributed by atoms with Crippen LogP contribution in [0, 0.1) is 18.7 Å². The Hall–Kier alpha value is -3.64. The first-order valence-electron chi connectivity index (χ1n) is 18.3. The Bertz CT molecular complexity index is 1670. The highest BCUT2D eigenvalue weighted by atomic mass is 19.3. The van der Waals surface area contributed by atoms with Gasteiger partial charge < -0.3 is 18.9 Å². The predicted molar refractivity (Wildman–Crippen MR) is 194 cm³/mol. The van der Waals surface area contributed by atoms with Gasteiger partial charge in [-0.25, -0.2) is 22.9 Å². The molecule has 0 unspecified atom stereocenters. The lowest BCUT2D eigenvalue weighted by molar-refractivity contribution is 0.0137. The number of rotatable bonds is 12. The van der Waals surface area contributed by atoms with Crippen LogP contribution < -0.4 is 0 Å². The normalized spacial score (nSPS) is 17.1. The summed E-state index contributed by atoms with van der Waals surface area (Å²) >= 11 is 0. The van der Waals surface area contributed by atoms with Crippen LogP contribution in [0.5, 0.6) is 0 Å². The van der Waals surface area contributed by atoms with Gasteiger partial charge in [0.25, 0.3) is 12.3 Å². The van der Waals surface area contributed by atoms with Gasteiger partial charge in [0.2, 0.25) is 0 Å². The van der Waals surface area contributed by atoms with Crippen molar-refractivity contribution in [2.75, 3.05) is 52.4 Å². The molecule has 2 aromatic heterocycles. The van der Waals surface area contributed by atoms with Gasteiger partial charge in [-0.3, -0.25) is 14.6 Å². The molecule has 1 aromatic carbocycles. The number of likely N-dealkylation sites (tertiary alicyclic amines) is 1. The van der Waals surface area contributed by atoms with E-state index < -0.39 is 36.3 Å². The second kappa shape index (κ2) is 15.9. The number of halogens is 3. The number of hydrogen-bond donors (Lipinski definition) is 0. The van der Waals surface area contributed by atoms with Gasteiger partial charge in [-0.05, 0) is 96.2 Å². The largest absolute Gasteiger partial charge is 0.444 e. The summed E-state index contributed by atoms with van der Waals surface area (Å²) in [7, 11) is 0. The van der Waals surface area contributed by atoms with E-state index in [0.717, 1.165) is 79.0 Å². The van der Waals surface area contributed by atoms with E-state index in [1.165, 1.54) is 6.07 Å². The number of amides is 2. The summed E-state index contributed by atoms with van der Waals surface area (Å²) in [4.78, 5) is 38.6. The van der Waals surface area contributed by atoms with Crippen LogP contribution in [0.2, 0.25) is 0 Å². The van der Waals surface area contributed by atoms with Crippen LogP contribution in [-0.4, -0.2) is 117 Å². The van der Waals surface area contributed by atoms with E-state index in [0.29, 0.717) is 30.6 Å². The minimum absolute atomic E-state index is 0.0589. The summed E-state index contributed by atoms with van der Waals surface area (Å²) in [6.45, 7) is 20.6. The quantitative estimate of drug-likeness (QED) is 0.196. The van der Waals surface area contributed by atoms with E-state index in [-0.39, 0.29) is 17.6 Å². The topological polar surface area (TPSA) is 73.6 Å². The monoisotopic (exact) mass is 712 g/mol. The zero-order valence-corrected chi connectivity index (χ0v) is 31.5. The number of piperazine rings is 1. The molecule has 2 amide bonds. The standard InChI is InChI=1S/C39H55F3N6O3/c1-25(2)34(10-9-13-44-14-16-45(17-15-44)38(50)51-39(6,7)8)46-21-29(22-46)28-18-32(35-20-43-27(5)48(35)23-28)31-12-11-30(40)19-33(31)37(49)47(26(3)4)24-36(41)42/h11-12,18-20,23,25-26,29,34,36H,9-10,13-17,21-22,24H2,1-8H3/t34-/m0/s1. The first-order chi connectivity index (χ1) is 24.0. The fourth-order valence-electron chi connectivity index (χ4n) is 7.38. The molecule has 280 valence electrons. The molecule has 0 saturated carbocycles. The molecule has 12 heteroatoms. The summed E-state index contributed by atoms with van der Waals surface area (Å²) < 4.78 is 49.2. The maximum Gasteiger partial charge on any atom is 0.410 e. The number of pyridine rings is 1. The Morgan fingerprint density at radius 3 is 2.31 bits per heavy atom. The predicted octanol–water partition coefficient (Wildman–Crippen LogP) is 7.32. The van der Waals surface area contributed by atoms with Crippen molar-refractivity contribution in [2.45, 2.75) is 98.3 Å². The van der Waals surface area contributed by atoms with E-state index in [9.17, 15) is 22.8 Å². The first kappa shape index (κ1) is 38.6. The molecule has 51 heavy (non-hydrogen) atoms. The smallest absolute Gasteiger partial charge is 0.410 e. The number of imidazole rings is 1. The highest BCUT2D eigenvalue weighted by molar-refractivity contribution is 6.03. The molecular weight excluding hydrogens is 657 g/mol. The summed E-state index contributed by atoms with van der Waals surface area (Å²) in [5.41, 5.74) is 2.65. The third-order valence-electron chi connectivity index (χ3n) is 10.2. The van der Waals surface area contributed by atoms with Crippen molar-refractivity contribution in [3.8, 4) is 11.1 Å². The molecule has 0 radical (unpaired) electrons. The maximum atomic E-state index is 14.6. The molecule has 2 saturated heterocycles. The third kappa shape index (κ3) is 9.24. The number of alkyl halides is 2. The second-order valence-corrected chi connectivity index (χ2v) is 15.8. The Morgan fingerprint density at radius 2 is 1.71 bits per heavy atom. The third-order valence-corrected chi connectivity index (χ3v) is 10.2. The van der Waals surface area contributed by atoms with Crippen molar-refractivity contribution in [2.24, 2.45) is 5.92 Å². The summed E-state index contributed by atoms with van der Waals surface area (Å²) in [5, 5.41) is 0. The van der Waals surface area contributed by atoms with Crippen LogP contribution in [0.15, 0.2) is 36.7 Å². The van der Waals surface area contributed by atoms with Gasteiger partial charge in [-0.1, -0.05) is 19.9 Å². The van der Waals surface area contributed by atoms with Crippen molar-refractivity contribution in [1.82, 2.24) is 29.0 Å². The Balaban J connectivity index is 1.28. The average Bonchev–Trinajstić information content (AvgIpc) is 3.41. The lowest BCUT2D eigenvalue weighted by atomic mass is 9.85. The molecule has 0 aliphatic carbocycles. The molecular formula is C39H55F3N6O3. The fraction of sp³-hybridized carbons (Fsp3) is 0.615. The molecule has 9 nitrogen and oxygen atoms in total. The molecule has 2 fully saturated rings. The van der Waals surface area contributed by atoms with Crippen molar-refractivity contribution in [3.63, 3.8) is 0 Å². The lowest BCUT2D eigenvalue weighted by Gasteiger charge is -2.46. The highest BCUT2D eigenvalue weighted by Gasteiger charge is 2.36. The lowest BCUT2D eigenvalue weighted by Crippen LogP contribution is -2.53. The molecule has 4 heterocycles. The number of hydrogen-bond acceptors (Lipinski definition) is 6. The van der Waals surface area contributed by atoms with Gasteiger partial charge in [-0.15, -0.1) is 0 Å². The number of fused-ring (bicyclic) bond motifs is 1. The molecule has 0 spiro atoms. The summed E-state index contributed by atoms with van der Waals surface area (Å²) in [5.74, 6) is 0.292. The number of carbonyl (C=O) groups excluding carboxylic acids is 2. The molecule has 5 rings (SSSR count). The number of aromatic nitrogens is 2. The van der Waals surface area contributed by atoms with Crippen molar-refractivity contribution < 1.29 is 27.5 Å². The number of ether oxygens (including phenoxy) is 1. The van der Waals surface area contributed by atoms with Gasteiger partial charge in [0, 0.05) is 69.0 Å². The van der Waals surface area contributed by atoms with Gasteiger partial charge in [0.15, 0.2) is 0 Å². The zero-order valence-electron chi connectivity index (χ0n) is 31.5. The van der Waals surface area contributed by atoms with Crippen LogP contribution in [0.3, 0.4) is 0 Å². The fourth-order valence-corrected chi connectivity index (χ4v) is 7.38. The molecule has 3 aromatic rings. The van der Waals surface area contributed by atoms with Gasteiger partial charge in [0.05, 0.1) is 23.8 Å². The van der Waals surface area contributed by atoms with Crippen LogP contribution in [0.1, 0.15) is 89.0 Å². The SMILES string of the molecule is Cc1ncc2c(-c3ccc(F)cc3C(=O)N(CC(F)F)C(C)C)cc(C3CN([C@@H](CCCN4CCN(C(=O)OC(C)(C)C)CC4)C(C)C)C3)cn12. The Kier molecular flexibility index (Phi) is 12.1. The average molecular weight is 713 g/mol. The van der Waals surface area contributed by atoms with Crippen molar-refractivity contribution in [3.05, 3.63) is 59.4 Å². The number of benzene rings is 1. The van der Waals surface area contributed by atoms with Crippen molar-refractivity contribution in [1.29, 1.82) is 0 Å². The van der Waals surface area contributed by atoms with Crippen LogP contribution in [0.4, 0.5) is 18.0 Å². The van der Waals surface area contributed by atoms with Gasteiger partial charge in [-0.2, -0.15) is 0 Å². The Labute approximate surface area is 300 Å². The highest BCUT2D eigenvalue weighted by Crippen LogP contribution is 2.37. The Morgan fingerprint density at radius 1 is 1.02 bits per heavy atom. The number of aryl methyl sites for hydroxylation is 1. The summed E-state index contributed by atoms with van der Waals surface area (Å²) in [6, 6.07) is 6.05. The van der Waals surface area contributed by atoms with Crippen molar-refractivity contribution >= 4 is 17.5 Å². The van der Waals surface area contributed by atoms with E-state index in [1.807, 2.05) is 32.1 Å². The van der Waals surface area contributed by atoms with Crippen LogP contribution in [0.25, 0.3) is 16.6 Å². The zero-order chi connectivity index (χ0) is 37.2. The van der Waals surface area contributed by atoms with E-state index in [2.05, 4.69) is 40.9 Å². The van der Waals surface area contributed by atoms with Crippen LogP contribution in [-0.2, 0) is 4.74 Å². The molecule has 2 aliphatic rings. The van der Waals surface area contributed by atoms with E-state index in [1.54, 1.807) is 31.0 Å². The number of nitrogens with zero attached hydrogens (tertiary/aromatic N) is 6. The first-order valence-corrected chi connectivity index (χ1v) is 18.3. The summed E-state index contributed by atoms with van der Waals surface area (Å²) in [6.07, 6.45) is 3.04. The van der Waals surface area contributed by atoms with Gasteiger partial charge in [0.1, 0.15) is 17.2 Å². The van der Waals surface area contributed by atoms with Crippen LogP contribution >= 0.6 is 0 Å². The molecule has 2 aliphatic heterocycles. The minimum Gasteiger partial charge on any atom is -0.444 e. The van der Waals surface area contributed by atoms with E-state index in [4.69, 9.17) is 4.74 Å². The molecule has 0 bridgehead atoms. The van der Waals surface area contributed by atoms with Gasteiger partial charge >= 0.3 is 6.09 Å². The maximum absolute atomic E-state index is 14.6.